The number of carbonyl (C=O) groups excluding carboxylic acids is 1. The lowest BCUT2D eigenvalue weighted by molar-refractivity contribution is -0.121. The Bertz CT molecular complexity index is 492. The molecule has 0 atom stereocenters. The first-order chi connectivity index (χ1) is 10.8. The molecule has 5 nitrogen and oxygen atoms in total. The van der Waals surface area contributed by atoms with Crippen molar-refractivity contribution < 1.29 is 4.79 Å². The quantitative estimate of drug-likeness (QED) is 0.811. The molecule has 22 heavy (non-hydrogen) atoms. The second-order valence-electron chi connectivity index (χ2n) is 5.75. The van der Waals surface area contributed by atoms with Crippen LogP contribution in [0.15, 0.2) is 18.5 Å². The molecule has 1 N–H and O–H groups in total. The number of piperidine rings is 1. The number of hydrogen-bond donors (Lipinski definition) is 1. The summed E-state index contributed by atoms with van der Waals surface area (Å²) in [7, 11) is 0. The number of likely N-dealkylation sites (tertiary alicyclic amines) is 1. The molecule has 0 unspecified atom stereocenters. The molecule has 2 heterocycles. The fraction of sp³-hybridized carbons (Fsp3) is 0.647. The lowest BCUT2D eigenvalue weighted by Gasteiger charge is -2.30. The van der Waals surface area contributed by atoms with Gasteiger partial charge in [0.2, 0.25) is 5.91 Å². The van der Waals surface area contributed by atoms with Crippen LogP contribution in [0.4, 0.5) is 0 Å². The minimum Gasteiger partial charge on any atom is -0.356 e. The van der Waals surface area contributed by atoms with Crippen molar-refractivity contribution in [3.8, 4) is 11.8 Å². The summed E-state index contributed by atoms with van der Waals surface area (Å²) in [4.78, 5) is 14.2. The first kappa shape index (κ1) is 16.6. The first-order valence-electron chi connectivity index (χ1n) is 8.20. The third-order valence-corrected chi connectivity index (χ3v) is 4.03. The van der Waals surface area contributed by atoms with Crippen LogP contribution in [-0.2, 0) is 11.3 Å². The summed E-state index contributed by atoms with van der Waals surface area (Å²) in [5, 5.41) is 7.15. The molecule has 1 saturated heterocycles. The van der Waals surface area contributed by atoms with Gasteiger partial charge in [0.25, 0.3) is 0 Å². The number of aryl methyl sites for hydroxylation is 1. The van der Waals surface area contributed by atoms with Crippen LogP contribution in [0.2, 0.25) is 0 Å². The summed E-state index contributed by atoms with van der Waals surface area (Å²) >= 11 is 0. The van der Waals surface area contributed by atoms with E-state index in [4.69, 9.17) is 0 Å². The van der Waals surface area contributed by atoms with Crippen molar-refractivity contribution in [3.05, 3.63) is 18.5 Å². The van der Waals surface area contributed by atoms with Crippen LogP contribution in [0.1, 0.15) is 32.6 Å². The number of hydrogen-bond acceptors (Lipinski definition) is 3. The van der Waals surface area contributed by atoms with E-state index in [-0.39, 0.29) is 5.91 Å². The van der Waals surface area contributed by atoms with Crippen molar-refractivity contribution in [2.24, 2.45) is 5.92 Å². The molecule has 1 fully saturated rings. The number of aromatic nitrogens is 2. The zero-order valence-corrected chi connectivity index (χ0v) is 13.4. The van der Waals surface area contributed by atoms with Crippen molar-refractivity contribution in [2.75, 3.05) is 26.2 Å². The van der Waals surface area contributed by atoms with Gasteiger partial charge in [0, 0.05) is 38.3 Å². The molecule has 120 valence electrons. The van der Waals surface area contributed by atoms with E-state index in [0.29, 0.717) is 18.9 Å². The maximum absolute atomic E-state index is 11.8. The fourth-order valence-electron chi connectivity index (χ4n) is 2.64. The number of rotatable bonds is 6. The van der Waals surface area contributed by atoms with E-state index in [1.165, 1.54) is 0 Å². The minimum absolute atomic E-state index is 0.117. The average molecular weight is 302 g/mol. The zero-order valence-electron chi connectivity index (χ0n) is 13.4. The summed E-state index contributed by atoms with van der Waals surface area (Å²) in [5.41, 5.74) is 0. The average Bonchev–Trinajstić information content (AvgIpc) is 3.06. The molecule has 0 spiro atoms. The molecule has 2 rings (SSSR count). The van der Waals surface area contributed by atoms with Crippen LogP contribution >= 0.6 is 0 Å². The van der Waals surface area contributed by atoms with E-state index in [0.717, 1.165) is 45.4 Å². The second kappa shape index (κ2) is 9.26. The van der Waals surface area contributed by atoms with E-state index in [9.17, 15) is 4.79 Å². The number of carbonyl (C=O) groups is 1. The Morgan fingerprint density at radius 1 is 1.36 bits per heavy atom. The standard InChI is InChI=1S/C17H26N4O/c1-2-3-4-10-20-12-6-16(7-13-20)15-18-17(22)8-14-21-11-5-9-19-21/h5,9,11,16H,2,6-8,10,12-15H2,1H3,(H,18,22). The Hall–Kier alpha value is -1.80. The number of amides is 1. The molecule has 1 aliphatic rings. The molecular weight excluding hydrogens is 276 g/mol. The van der Waals surface area contributed by atoms with E-state index in [1.54, 1.807) is 10.9 Å². The van der Waals surface area contributed by atoms with Crippen LogP contribution in [0.5, 0.6) is 0 Å². The topological polar surface area (TPSA) is 50.2 Å². The van der Waals surface area contributed by atoms with Crippen LogP contribution < -0.4 is 5.32 Å². The molecule has 5 heteroatoms. The van der Waals surface area contributed by atoms with E-state index >= 15 is 0 Å². The highest BCUT2D eigenvalue weighted by atomic mass is 16.1. The zero-order chi connectivity index (χ0) is 15.6. The number of nitrogens with zero attached hydrogens (tertiary/aromatic N) is 3. The first-order valence-corrected chi connectivity index (χ1v) is 8.20. The fourth-order valence-corrected chi connectivity index (χ4v) is 2.64. The van der Waals surface area contributed by atoms with Gasteiger partial charge in [-0.05, 0) is 37.9 Å². The summed E-state index contributed by atoms with van der Waals surface area (Å²) in [5.74, 6) is 7.03. The lowest BCUT2D eigenvalue weighted by Crippen LogP contribution is -2.38. The molecule has 0 radical (unpaired) electrons. The highest BCUT2D eigenvalue weighted by molar-refractivity contribution is 5.75. The maximum atomic E-state index is 11.8. The molecule has 0 aliphatic carbocycles. The Morgan fingerprint density at radius 2 is 2.18 bits per heavy atom. The van der Waals surface area contributed by atoms with Crippen molar-refractivity contribution in [1.82, 2.24) is 20.0 Å². The second-order valence-corrected chi connectivity index (χ2v) is 5.75. The van der Waals surface area contributed by atoms with Gasteiger partial charge in [-0.3, -0.25) is 14.4 Å². The highest BCUT2D eigenvalue weighted by Crippen LogP contribution is 2.15. The van der Waals surface area contributed by atoms with Crippen molar-refractivity contribution in [1.29, 1.82) is 0 Å². The Labute approximate surface area is 133 Å². The van der Waals surface area contributed by atoms with Gasteiger partial charge in [-0.15, -0.1) is 5.92 Å². The van der Waals surface area contributed by atoms with Crippen molar-refractivity contribution >= 4 is 5.91 Å². The predicted molar refractivity (Wildman–Crippen MR) is 87.1 cm³/mol. The molecule has 0 bridgehead atoms. The smallest absolute Gasteiger partial charge is 0.221 e. The summed E-state index contributed by atoms with van der Waals surface area (Å²) in [6.07, 6.45) is 7.33. The molecule has 0 saturated carbocycles. The van der Waals surface area contributed by atoms with Gasteiger partial charge in [0.15, 0.2) is 0 Å². The van der Waals surface area contributed by atoms with E-state index < -0.39 is 0 Å². The van der Waals surface area contributed by atoms with Crippen LogP contribution in [-0.4, -0.2) is 46.8 Å². The molecule has 0 aromatic carbocycles. The number of nitrogens with one attached hydrogen (secondary N) is 1. The summed E-state index contributed by atoms with van der Waals surface area (Å²) in [6, 6.07) is 1.87. The van der Waals surface area contributed by atoms with Gasteiger partial charge in [-0.1, -0.05) is 12.8 Å². The summed E-state index contributed by atoms with van der Waals surface area (Å²) in [6.45, 7) is 6.59. The van der Waals surface area contributed by atoms with Crippen molar-refractivity contribution in [2.45, 2.75) is 39.2 Å². The van der Waals surface area contributed by atoms with E-state index in [1.807, 2.05) is 12.3 Å². The van der Waals surface area contributed by atoms with Gasteiger partial charge in [0.1, 0.15) is 0 Å². The minimum atomic E-state index is 0.117. The summed E-state index contributed by atoms with van der Waals surface area (Å²) < 4.78 is 1.79. The van der Waals surface area contributed by atoms with Crippen LogP contribution in [0.3, 0.4) is 0 Å². The molecule has 1 amide bonds. The van der Waals surface area contributed by atoms with Crippen LogP contribution in [0, 0.1) is 17.8 Å². The molecule has 1 aliphatic heterocycles. The highest BCUT2D eigenvalue weighted by Gasteiger charge is 2.18. The van der Waals surface area contributed by atoms with E-state index in [2.05, 4.69) is 34.1 Å². The Balaban J connectivity index is 1.57. The molecule has 1 aromatic heterocycles. The maximum Gasteiger partial charge on any atom is 0.221 e. The van der Waals surface area contributed by atoms with Gasteiger partial charge >= 0.3 is 0 Å². The van der Waals surface area contributed by atoms with Gasteiger partial charge in [0.05, 0.1) is 6.54 Å². The predicted octanol–water partition coefficient (Wildman–Crippen LogP) is 1.51. The third-order valence-electron chi connectivity index (χ3n) is 4.03. The molecule has 1 aromatic rings. The monoisotopic (exact) mass is 302 g/mol. The molecular formula is C17H26N4O. The lowest BCUT2D eigenvalue weighted by atomic mass is 9.97. The van der Waals surface area contributed by atoms with Crippen LogP contribution in [0.25, 0.3) is 0 Å². The Kier molecular flexibility index (Phi) is 6.98. The largest absolute Gasteiger partial charge is 0.356 e. The van der Waals surface area contributed by atoms with Gasteiger partial charge < -0.3 is 5.32 Å². The Morgan fingerprint density at radius 3 is 2.86 bits per heavy atom. The van der Waals surface area contributed by atoms with Crippen molar-refractivity contribution in [3.63, 3.8) is 0 Å². The van der Waals surface area contributed by atoms with Gasteiger partial charge in [-0.25, -0.2) is 0 Å². The van der Waals surface area contributed by atoms with Gasteiger partial charge in [-0.2, -0.15) is 5.10 Å². The third kappa shape index (κ3) is 5.90. The SMILES string of the molecule is CCC#CCN1CCC(CNC(=O)CCn2cccn2)CC1. The normalized spacial score (nSPS) is 16.0.